The van der Waals surface area contributed by atoms with E-state index in [0.29, 0.717) is 12.5 Å². The number of carbonyl (C=O) groups excluding carboxylic acids is 1. The Balaban J connectivity index is 1.41. The molecule has 4 fully saturated rings. The SMILES string of the molecule is O=C1O[C@]2(CN3CCC2CC3)CN1c1ccc(-c2ccc(Cl)cc2)s1. The molecule has 2 bridgehead atoms. The molecule has 4 nitrogen and oxygen atoms in total. The van der Waals surface area contributed by atoms with Crippen molar-refractivity contribution < 1.29 is 9.53 Å². The van der Waals surface area contributed by atoms with Crippen LogP contribution < -0.4 is 4.90 Å². The number of benzene rings is 1. The van der Waals surface area contributed by atoms with Crippen LogP contribution in [-0.2, 0) is 4.74 Å². The zero-order valence-electron chi connectivity index (χ0n) is 13.8. The summed E-state index contributed by atoms with van der Waals surface area (Å²) in [7, 11) is 0. The number of hydrogen-bond acceptors (Lipinski definition) is 4. The molecule has 0 saturated carbocycles. The average molecular weight is 375 g/mol. The van der Waals surface area contributed by atoms with Crippen LogP contribution in [0.15, 0.2) is 36.4 Å². The van der Waals surface area contributed by atoms with Gasteiger partial charge in [0.15, 0.2) is 0 Å². The highest BCUT2D eigenvalue weighted by Crippen LogP contribution is 2.45. The zero-order chi connectivity index (χ0) is 17.0. The first-order valence-corrected chi connectivity index (χ1v) is 9.91. The summed E-state index contributed by atoms with van der Waals surface area (Å²) in [5.74, 6) is 0.502. The average Bonchev–Trinajstić information content (AvgIpc) is 3.22. The van der Waals surface area contributed by atoms with Crippen LogP contribution in [0.3, 0.4) is 0 Å². The predicted octanol–water partition coefficient (Wildman–Crippen LogP) is 4.49. The van der Waals surface area contributed by atoms with E-state index >= 15 is 0 Å². The Morgan fingerprint density at radius 1 is 1.08 bits per heavy atom. The lowest BCUT2D eigenvalue weighted by Gasteiger charge is -2.49. The van der Waals surface area contributed by atoms with Crippen LogP contribution in [0.25, 0.3) is 10.4 Å². The molecule has 2 aromatic rings. The molecule has 6 heteroatoms. The molecule has 130 valence electrons. The van der Waals surface area contributed by atoms with Gasteiger partial charge in [0.25, 0.3) is 0 Å². The summed E-state index contributed by atoms with van der Waals surface area (Å²) in [4.78, 5) is 18.0. The second-order valence-corrected chi connectivity index (χ2v) is 8.71. The molecule has 4 saturated heterocycles. The van der Waals surface area contributed by atoms with Crippen molar-refractivity contribution in [2.45, 2.75) is 18.4 Å². The Bertz CT molecular complexity index is 813. The molecule has 0 radical (unpaired) electrons. The van der Waals surface area contributed by atoms with Gasteiger partial charge in [-0.25, -0.2) is 4.79 Å². The van der Waals surface area contributed by atoms with Crippen molar-refractivity contribution in [2.75, 3.05) is 31.1 Å². The Kier molecular flexibility index (Phi) is 3.59. The van der Waals surface area contributed by atoms with Gasteiger partial charge < -0.3 is 4.74 Å². The molecule has 0 N–H and O–H groups in total. The molecule has 1 atom stereocenters. The molecule has 4 aliphatic heterocycles. The Morgan fingerprint density at radius 3 is 2.52 bits per heavy atom. The van der Waals surface area contributed by atoms with Gasteiger partial charge >= 0.3 is 6.09 Å². The predicted molar refractivity (Wildman–Crippen MR) is 100 cm³/mol. The van der Waals surface area contributed by atoms with E-state index in [-0.39, 0.29) is 11.7 Å². The molecular formula is C19H19ClN2O2S. The van der Waals surface area contributed by atoms with E-state index in [2.05, 4.69) is 11.0 Å². The van der Waals surface area contributed by atoms with E-state index in [1.54, 1.807) is 11.3 Å². The second-order valence-electron chi connectivity index (χ2n) is 7.21. The molecule has 1 amide bonds. The third-order valence-corrected chi connectivity index (χ3v) is 7.16. The number of halogens is 1. The molecule has 6 rings (SSSR count). The van der Waals surface area contributed by atoms with Crippen LogP contribution in [0.1, 0.15) is 12.8 Å². The Labute approximate surface area is 155 Å². The molecule has 1 aromatic carbocycles. The van der Waals surface area contributed by atoms with E-state index in [4.69, 9.17) is 16.3 Å². The van der Waals surface area contributed by atoms with Crippen molar-refractivity contribution in [2.24, 2.45) is 5.92 Å². The van der Waals surface area contributed by atoms with Gasteiger partial charge in [-0.05, 0) is 55.8 Å². The van der Waals surface area contributed by atoms with Crippen LogP contribution in [-0.4, -0.2) is 42.8 Å². The number of anilines is 1. The molecule has 25 heavy (non-hydrogen) atoms. The summed E-state index contributed by atoms with van der Waals surface area (Å²) < 4.78 is 5.96. The Hall–Kier alpha value is -1.56. The molecule has 4 aliphatic rings. The van der Waals surface area contributed by atoms with Crippen molar-refractivity contribution in [1.82, 2.24) is 4.90 Å². The van der Waals surface area contributed by atoms with E-state index in [0.717, 1.165) is 52.9 Å². The van der Waals surface area contributed by atoms with Gasteiger partial charge in [-0.15, -0.1) is 11.3 Å². The van der Waals surface area contributed by atoms with Gasteiger partial charge in [-0.1, -0.05) is 23.7 Å². The topological polar surface area (TPSA) is 32.8 Å². The van der Waals surface area contributed by atoms with Crippen molar-refractivity contribution >= 4 is 34.0 Å². The van der Waals surface area contributed by atoms with Crippen molar-refractivity contribution in [3.05, 3.63) is 41.4 Å². The molecule has 0 unspecified atom stereocenters. The first-order chi connectivity index (χ1) is 12.1. The summed E-state index contributed by atoms with van der Waals surface area (Å²) in [6.45, 7) is 3.84. The molecule has 1 aromatic heterocycles. The fraction of sp³-hybridized carbons (Fsp3) is 0.421. The number of ether oxygens (including phenoxy) is 1. The normalized spacial score (nSPS) is 30.9. The lowest BCUT2D eigenvalue weighted by molar-refractivity contribution is -0.0881. The van der Waals surface area contributed by atoms with Crippen molar-refractivity contribution in [1.29, 1.82) is 0 Å². The minimum atomic E-state index is -0.308. The van der Waals surface area contributed by atoms with Gasteiger partial charge in [0.2, 0.25) is 0 Å². The highest BCUT2D eigenvalue weighted by atomic mass is 35.5. The summed E-state index contributed by atoms with van der Waals surface area (Å²) in [6.07, 6.45) is 2.08. The largest absolute Gasteiger partial charge is 0.439 e. The third kappa shape index (κ3) is 2.57. The molecule has 0 aliphatic carbocycles. The highest BCUT2D eigenvalue weighted by Gasteiger charge is 2.55. The van der Waals surface area contributed by atoms with Gasteiger partial charge in [-0.3, -0.25) is 9.80 Å². The van der Waals surface area contributed by atoms with E-state index in [1.165, 1.54) is 0 Å². The lowest BCUT2D eigenvalue weighted by Crippen LogP contribution is -2.61. The standard InChI is InChI=1S/C19H19ClN2O2S/c20-15-3-1-13(2-4-15)16-5-6-17(25-16)22-12-19(24-18(22)23)11-21-9-7-14(19)8-10-21/h1-6,14H,7-12H2/t19-/m1/s1. The third-order valence-electron chi connectivity index (χ3n) is 5.75. The number of hydrogen-bond donors (Lipinski definition) is 0. The number of nitrogens with zero attached hydrogens (tertiary/aromatic N) is 2. The number of fused-ring (bicyclic) bond motifs is 2. The maximum atomic E-state index is 12.6. The smallest absolute Gasteiger partial charge is 0.415 e. The van der Waals surface area contributed by atoms with E-state index in [1.807, 2.05) is 35.2 Å². The molecule has 5 heterocycles. The maximum absolute atomic E-state index is 12.6. The minimum Gasteiger partial charge on any atom is -0.439 e. The Morgan fingerprint density at radius 2 is 1.84 bits per heavy atom. The molecular weight excluding hydrogens is 356 g/mol. The van der Waals surface area contributed by atoms with E-state index in [9.17, 15) is 4.79 Å². The fourth-order valence-corrected chi connectivity index (χ4v) is 5.55. The van der Waals surface area contributed by atoms with Crippen LogP contribution in [0, 0.1) is 5.92 Å². The van der Waals surface area contributed by atoms with Crippen LogP contribution in [0.2, 0.25) is 5.02 Å². The highest BCUT2D eigenvalue weighted by molar-refractivity contribution is 7.19. The second kappa shape index (κ2) is 5.73. The fourth-order valence-electron chi connectivity index (χ4n) is 4.42. The van der Waals surface area contributed by atoms with Crippen molar-refractivity contribution in [3.8, 4) is 10.4 Å². The number of thiophene rings is 1. The first kappa shape index (κ1) is 15.7. The molecule has 1 spiro atoms. The van der Waals surface area contributed by atoms with E-state index < -0.39 is 0 Å². The van der Waals surface area contributed by atoms with Crippen LogP contribution in [0.5, 0.6) is 0 Å². The van der Waals surface area contributed by atoms with Gasteiger partial charge in [-0.2, -0.15) is 0 Å². The zero-order valence-corrected chi connectivity index (χ0v) is 15.4. The first-order valence-electron chi connectivity index (χ1n) is 8.72. The summed E-state index contributed by atoms with van der Waals surface area (Å²) in [5, 5.41) is 1.69. The van der Waals surface area contributed by atoms with Gasteiger partial charge in [0.05, 0.1) is 6.54 Å². The number of rotatable bonds is 2. The van der Waals surface area contributed by atoms with Crippen molar-refractivity contribution in [3.63, 3.8) is 0 Å². The van der Waals surface area contributed by atoms with Gasteiger partial charge in [0.1, 0.15) is 10.6 Å². The van der Waals surface area contributed by atoms with Crippen LogP contribution >= 0.6 is 22.9 Å². The van der Waals surface area contributed by atoms with Crippen LogP contribution in [0.4, 0.5) is 9.80 Å². The number of carbonyl (C=O) groups is 1. The summed E-state index contributed by atoms with van der Waals surface area (Å²) >= 11 is 7.60. The minimum absolute atomic E-state index is 0.196. The monoisotopic (exact) mass is 374 g/mol. The quantitative estimate of drug-likeness (QED) is 0.776. The lowest BCUT2D eigenvalue weighted by atomic mass is 9.75. The number of amides is 1. The summed E-state index contributed by atoms with van der Waals surface area (Å²) in [6, 6.07) is 11.9. The number of piperidine rings is 3. The summed E-state index contributed by atoms with van der Waals surface area (Å²) in [5.41, 5.74) is 0.809. The van der Waals surface area contributed by atoms with Gasteiger partial charge in [0, 0.05) is 22.4 Å². The maximum Gasteiger partial charge on any atom is 0.415 e.